The van der Waals surface area contributed by atoms with Crippen molar-refractivity contribution < 1.29 is 17.9 Å². The van der Waals surface area contributed by atoms with Crippen LogP contribution in [-0.4, -0.2) is 40.1 Å². The van der Waals surface area contributed by atoms with Gasteiger partial charge in [-0.15, -0.1) is 11.3 Å². The second-order valence-electron chi connectivity index (χ2n) is 6.43. The van der Waals surface area contributed by atoms with E-state index < -0.39 is 10.0 Å². The molecule has 0 saturated carbocycles. The zero-order valence-electron chi connectivity index (χ0n) is 15.0. The van der Waals surface area contributed by atoms with Gasteiger partial charge in [-0.3, -0.25) is 4.79 Å². The predicted molar refractivity (Wildman–Crippen MR) is 106 cm³/mol. The predicted octanol–water partition coefficient (Wildman–Crippen LogP) is 2.57. The zero-order valence-corrected chi connectivity index (χ0v) is 16.7. The van der Waals surface area contributed by atoms with E-state index in [0.29, 0.717) is 25.1 Å². The lowest BCUT2D eigenvalue weighted by Gasteiger charge is -2.10. The maximum atomic E-state index is 12.3. The maximum absolute atomic E-state index is 12.3. The van der Waals surface area contributed by atoms with Crippen LogP contribution in [0.25, 0.3) is 0 Å². The van der Waals surface area contributed by atoms with Crippen molar-refractivity contribution in [2.45, 2.75) is 36.7 Å². The monoisotopic (exact) mass is 408 g/mol. The minimum atomic E-state index is -3.58. The minimum Gasteiger partial charge on any atom is -0.378 e. The largest absolute Gasteiger partial charge is 0.378 e. The lowest BCUT2D eigenvalue weighted by molar-refractivity contribution is 0.0907. The Balaban J connectivity index is 1.48. The van der Waals surface area contributed by atoms with E-state index in [4.69, 9.17) is 4.74 Å². The Kier molecular flexibility index (Phi) is 7.01. The summed E-state index contributed by atoms with van der Waals surface area (Å²) in [5, 5.41) is 4.82. The van der Waals surface area contributed by atoms with Crippen molar-refractivity contribution in [1.82, 2.24) is 10.0 Å². The summed E-state index contributed by atoms with van der Waals surface area (Å²) in [5.74, 6) is -0.206. The Morgan fingerprint density at radius 1 is 1.19 bits per heavy atom. The second-order valence-corrected chi connectivity index (χ2v) is 9.23. The standard InChI is InChI=1S/C19H24N2O4S2/c22-19(20-11-9-16-3-1-13-25-16)15-5-7-18(8-6-15)27(23,24)21-12-10-17-4-2-14-26-17/h2,4-8,14,16,21H,1,3,9-13H2,(H,20,22)/t16-/m1/s1. The van der Waals surface area contributed by atoms with E-state index in [1.807, 2.05) is 17.5 Å². The summed E-state index contributed by atoms with van der Waals surface area (Å²) < 4.78 is 32.8. The van der Waals surface area contributed by atoms with Crippen molar-refractivity contribution in [1.29, 1.82) is 0 Å². The first kappa shape index (κ1) is 20.0. The Bertz CT molecular complexity index is 827. The van der Waals surface area contributed by atoms with E-state index >= 15 is 0 Å². The van der Waals surface area contributed by atoms with E-state index in [2.05, 4.69) is 10.0 Å². The Morgan fingerprint density at radius 2 is 2.00 bits per heavy atom. The number of ether oxygens (including phenoxy) is 1. The highest BCUT2D eigenvalue weighted by Gasteiger charge is 2.17. The van der Waals surface area contributed by atoms with Gasteiger partial charge in [0.1, 0.15) is 0 Å². The van der Waals surface area contributed by atoms with Gasteiger partial charge in [0.05, 0.1) is 11.0 Å². The molecule has 0 unspecified atom stereocenters. The Hall–Kier alpha value is -1.74. The van der Waals surface area contributed by atoms with E-state index in [0.717, 1.165) is 30.7 Å². The smallest absolute Gasteiger partial charge is 0.251 e. The fourth-order valence-corrected chi connectivity index (χ4v) is 4.69. The number of thiophene rings is 1. The van der Waals surface area contributed by atoms with Gasteiger partial charge in [0.15, 0.2) is 0 Å². The summed E-state index contributed by atoms with van der Waals surface area (Å²) in [6.07, 6.45) is 3.81. The molecular formula is C19H24N2O4S2. The molecule has 1 aromatic heterocycles. The van der Waals surface area contributed by atoms with Gasteiger partial charge in [-0.1, -0.05) is 6.07 Å². The summed E-state index contributed by atoms with van der Waals surface area (Å²) in [7, 11) is -3.58. The highest BCUT2D eigenvalue weighted by molar-refractivity contribution is 7.89. The molecule has 8 heteroatoms. The molecule has 1 aliphatic heterocycles. The van der Waals surface area contributed by atoms with Crippen molar-refractivity contribution >= 4 is 27.3 Å². The molecule has 2 aromatic rings. The topological polar surface area (TPSA) is 84.5 Å². The molecule has 2 heterocycles. The van der Waals surface area contributed by atoms with Crippen LogP contribution >= 0.6 is 11.3 Å². The van der Waals surface area contributed by atoms with Crippen LogP contribution in [0.3, 0.4) is 0 Å². The van der Waals surface area contributed by atoms with Gasteiger partial charge in [-0.25, -0.2) is 13.1 Å². The number of hydrogen-bond acceptors (Lipinski definition) is 5. The van der Waals surface area contributed by atoms with Gasteiger partial charge in [0.25, 0.3) is 5.91 Å². The highest BCUT2D eigenvalue weighted by atomic mass is 32.2. The number of carbonyl (C=O) groups excluding carboxylic acids is 1. The summed E-state index contributed by atoms with van der Waals surface area (Å²) in [6.45, 7) is 1.69. The van der Waals surface area contributed by atoms with Gasteiger partial charge in [-0.2, -0.15) is 0 Å². The number of nitrogens with one attached hydrogen (secondary N) is 2. The number of benzene rings is 1. The van der Waals surface area contributed by atoms with Crippen molar-refractivity contribution in [3.63, 3.8) is 0 Å². The average molecular weight is 409 g/mol. The zero-order chi connectivity index (χ0) is 19.1. The van der Waals surface area contributed by atoms with E-state index in [-0.39, 0.29) is 16.9 Å². The molecule has 1 atom stereocenters. The summed E-state index contributed by atoms with van der Waals surface area (Å²) in [6, 6.07) is 9.92. The molecular weight excluding hydrogens is 384 g/mol. The molecule has 0 spiro atoms. The van der Waals surface area contributed by atoms with E-state index in [1.54, 1.807) is 11.3 Å². The lowest BCUT2D eigenvalue weighted by atomic mass is 10.1. The minimum absolute atomic E-state index is 0.157. The maximum Gasteiger partial charge on any atom is 0.251 e. The van der Waals surface area contributed by atoms with E-state index in [9.17, 15) is 13.2 Å². The van der Waals surface area contributed by atoms with Crippen molar-refractivity contribution in [3.05, 3.63) is 52.2 Å². The fourth-order valence-electron chi connectivity index (χ4n) is 2.95. The van der Waals surface area contributed by atoms with Crippen LogP contribution in [0.15, 0.2) is 46.7 Å². The normalized spacial score (nSPS) is 17.1. The number of carbonyl (C=O) groups is 1. The van der Waals surface area contributed by atoms with Gasteiger partial charge in [-0.05, 0) is 61.4 Å². The third-order valence-electron chi connectivity index (χ3n) is 4.45. The first-order chi connectivity index (χ1) is 13.0. The first-order valence-electron chi connectivity index (χ1n) is 9.06. The number of sulfonamides is 1. The molecule has 1 amide bonds. The summed E-state index contributed by atoms with van der Waals surface area (Å²) >= 11 is 1.60. The van der Waals surface area contributed by atoms with Crippen LogP contribution in [0, 0.1) is 0 Å². The molecule has 6 nitrogen and oxygen atoms in total. The van der Waals surface area contributed by atoms with Gasteiger partial charge in [0, 0.05) is 30.1 Å². The quantitative estimate of drug-likeness (QED) is 0.668. The van der Waals surface area contributed by atoms with Crippen LogP contribution in [0.4, 0.5) is 0 Å². The molecule has 1 fully saturated rings. The van der Waals surface area contributed by atoms with Gasteiger partial charge >= 0.3 is 0 Å². The molecule has 27 heavy (non-hydrogen) atoms. The third-order valence-corrected chi connectivity index (χ3v) is 6.86. The molecule has 1 aliphatic rings. The van der Waals surface area contributed by atoms with Crippen molar-refractivity contribution in [3.8, 4) is 0 Å². The third kappa shape index (κ3) is 5.87. The SMILES string of the molecule is O=C(NCC[C@H]1CCCO1)c1ccc(S(=O)(=O)NCCc2cccs2)cc1. The lowest BCUT2D eigenvalue weighted by Crippen LogP contribution is -2.27. The Labute approximate surface area is 164 Å². The summed E-state index contributed by atoms with van der Waals surface area (Å²) in [4.78, 5) is 13.5. The van der Waals surface area contributed by atoms with Crippen molar-refractivity contribution in [2.75, 3.05) is 19.7 Å². The van der Waals surface area contributed by atoms with E-state index in [1.165, 1.54) is 24.3 Å². The molecule has 2 N–H and O–H groups in total. The second kappa shape index (κ2) is 9.45. The first-order valence-corrected chi connectivity index (χ1v) is 11.4. The van der Waals surface area contributed by atoms with Gasteiger partial charge in [0.2, 0.25) is 10.0 Å². The van der Waals surface area contributed by atoms with Crippen LogP contribution in [-0.2, 0) is 21.2 Å². The molecule has 3 rings (SSSR count). The van der Waals surface area contributed by atoms with Crippen LogP contribution in [0.5, 0.6) is 0 Å². The number of hydrogen-bond donors (Lipinski definition) is 2. The Morgan fingerprint density at radius 3 is 2.67 bits per heavy atom. The summed E-state index contributed by atoms with van der Waals surface area (Å²) in [5.41, 5.74) is 0.444. The molecule has 0 aliphatic carbocycles. The number of rotatable bonds is 9. The van der Waals surface area contributed by atoms with Crippen LogP contribution in [0.2, 0.25) is 0 Å². The fraction of sp³-hybridized carbons (Fsp3) is 0.421. The molecule has 1 saturated heterocycles. The highest BCUT2D eigenvalue weighted by Crippen LogP contribution is 2.15. The average Bonchev–Trinajstić information content (AvgIpc) is 3.36. The van der Waals surface area contributed by atoms with Crippen LogP contribution in [0.1, 0.15) is 34.5 Å². The van der Waals surface area contributed by atoms with Crippen LogP contribution < -0.4 is 10.0 Å². The molecule has 0 bridgehead atoms. The molecule has 0 radical (unpaired) electrons. The number of amides is 1. The molecule has 146 valence electrons. The van der Waals surface area contributed by atoms with Gasteiger partial charge < -0.3 is 10.1 Å². The molecule has 1 aromatic carbocycles. The van der Waals surface area contributed by atoms with Crippen molar-refractivity contribution in [2.24, 2.45) is 0 Å².